The SMILES string of the molecule is CC(=O)Nc1nc2c(s1)CN(C(=O)C1(c3ccc(Cl)cc3)CCCC1)CC2. The normalized spacial score (nSPS) is 18.2. The van der Waals surface area contributed by atoms with E-state index in [-0.39, 0.29) is 11.8 Å². The molecule has 2 amide bonds. The largest absolute Gasteiger partial charge is 0.336 e. The summed E-state index contributed by atoms with van der Waals surface area (Å²) in [5.74, 6) is 0.0872. The Balaban J connectivity index is 1.59. The van der Waals surface area contributed by atoms with Crippen LogP contribution < -0.4 is 5.32 Å². The number of benzene rings is 1. The van der Waals surface area contributed by atoms with Gasteiger partial charge in [-0.2, -0.15) is 0 Å². The first-order valence-corrected chi connectivity index (χ1v) is 10.5. The van der Waals surface area contributed by atoms with Crippen LogP contribution in [0.4, 0.5) is 5.13 Å². The molecule has 1 fully saturated rings. The molecule has 142 valence electrons. The Morgan fingerprint density at radius 3 is 2.59 bits per heavy atom. The highest BCUT2D eigenvalue weighted by atomic mass is 35.5. The zero-order valence-corrected chi connectivity index (χ0v) is 16.8. The lowest BCUT2D eigenvalue weighted by Crippen LogP contribution is -2.47. The lowest BCUT2D eigenvalue weighted by molar-refractivity contribution is -0.138. The summed E-state index contributed by atoms with van der Waals surface area (Å²) < 4.78 is 0. The Hall–Kier alpha value is -1.92. The Labute approximate surface area is 167 Å². The molecule has 1 aliphatic carbocycles. The van der Waals surface area contributed by atoms with Crippen LogP contribution in [0.1, 0.15) is 48.7 Å². The molecule has 1 aliphatic heterocycles. The van der Waals surface area contributed by atoms with Crippen LogP contribution in [0.15, 0.2) is 24.3 Å². The van der Waals surface area contributed by atoms with Crippen molar-refractivity contribution in [2.24, 2.45) is 0 Å². The summed E-state index contributed by atoms with van der Waals surface area (Å²) in [6.45, 7) is 2.72. The van der Waals surface area contributed by atoms with Gasteiger partial charge in [-0.15, -0.1) is 0 Å². The van der Waals surface area contributed by atoms with E-state index in [2.05, 4.69) is 10.3 Å². The molecule has 1 saturated carbocycles. The van der Waals surface area contributed by atoms with Crippen LogP contribution >= 0.6 is 22.9 Å². The first kappa shape index (κ1) is 18.4. The summed E-state index contributed by atoms with van der Waals surface area (Å²) in [7, 11) is 0. The van der Waals surface area contributed by atoms with Crippen molar-refractivity contribution in [1.29, 1.82) is 0 Å². The predicted octanol–water partition coefficient (Wildman–Crippen LogP) is 4.15. The minimum atomic E-state index is -0.437. The third-order valence-electron chi connectivity index (χ3n) is 5.56. The van der Waals surface area contributed by atoms with Crippen LogP contribution in [0.3, 0.4) is 0 Å². The van der Waals surface area contributed by atoms with Crippen LogP contribution in [0.25, 0.3) is 0 Å². The molecule has 0 spiro atoms. The van der Waals surface area contributed by atoms with Crippen molar-refractivity contribution in [2.45, 2.75) is 51.0 Å². The number of hydrogen-bond donors (Lipinski definition) is 1. The van der Waals surface area contributed by atoms with Gasteiger partial charge in [-0.1, -0.05) is 47.9 Å². The van der Waals surface area contributed by atoms with Crippen molar-refractivity contribution < 1.29 is 9.59 Å². The molecule has 0 unspecified atom stereocenters. The maximum absolute atomic E-state index is 13.6. The van der Waals surface area contributed by atoms with Gasteiger partial charge in [-0.05, 0) is 30.5 Å². The number of nitrogens with one attached hydrogen (secondary N) is 1. The average Bonchev–Trinajstić information content (AvgIpc) is 3.27. The van der Waals surface area contributed by atoms with Crippen LogP contribution in [0.5, 0.6) is 0 Å². The molecule has 27 heavy (non-hydrogen) atoms. The molecule has 2 aromatic rings. The summed E-state index contributed by atoms with van der Waals surface area (Å²) >= 11 is 7.53. The monoisotopic (exact) mass is 403 g/mol. The van der Waals surface area contributed by atoms with Crippen LogP contribution in [-0.4, -0.2) is 28.2 Å². The van der Waals surface area contributed by atoms with Gasteiger partial charge in [0.1, 0.15) is 0 Å². The molecular formula is C20H22ClN3O2S. The van der Waals surface area contributed by atoms with Gasteiger partial charge >= 0.3 is 0 Å². The topological polar surface area (TPSA) is 62.3 Å². The van der Waals surface area contributed by atoms with Gasteiger partial charge < -0.3 is 10.2 Å². The molecule has 1 aromatic heterocycles. The first-order valence-electron chi connectivity index (χ1n) is 9.29. The number of aromatic nitrogens is 1. The Morgan fingerprint density at radius 1 is 1.22 bits per heavy atom. The fourth-order valence-electron chi connectivity index (χ4n) is 4.25. The summed E-state index contributed by atoms with van der Waals surface area (Å²) in [6, 6.07) is 7.76. The Kier molecular flexibility index (Phi) is 4.95. The fourth-order valence-corrected chi connectivity index (χ4v) is 5.44. The number of carbonyl (C=O) groups excluding carboxylic acids is 2. The second kappa shape index (κ2) is 7.24. The second-order valence-electron chi connectivity index (χ2n) is 7.34. The zero-order chi connectivity index (χ0) is 19.0. The first-order chi connectivity index (χ1) is 13.0. The van der Waals surface area contributed by atoms with E-state index in [0.717, 1.165) is 48.2 Å². The van der Waals surface area contributed by atoms with Crippen molar-refractivity contribution >= 4 is 39.9 Å². The Morgan fingerprint density at radius 2 is 1.93 bits per heavy atom. The van der Waals surface area contributed by atoms with Gasteiger partial charge in [0.25, 0.3) is 0 Å². The zero-order valence-electron chi connectivity index (χ0n) is 15.3. The minimum Gasteiger partial charge on any atom is -0.336 e. The fraction of sp³-hybridized carbons (Fsp3) is 0.450. The molecule has 0 bridgehead atoms. The van der Waals surface area contributed by atoms with E-state index < -0.39 is 5.41 Å². The maximum atomic E-state index is 13.6. The summed E-state index contributed by atoms with van der Waals surface area (Å²) in [5, 5.41) is 4.06. The Bertz CT molecular complexity index is 872. The maximum Gasteiger partial charge on any atom is 0.233 e. The quantitative estimate of drug-likeness (QED) is 0.837. The van der Waals surface area contributed by atoms with E-state index in [1.165, 1.54) is 18.3 Å². The number of nitrogens with zero attached hydrogens (tertiary/aromatic N) is 2. The van der Waals surface area contributed by atoms with Gasteiger partial charge in [0, 0.05) is 29.8 Å². The molecule has 0 radical (unpaired) electrons. The summed E-state index contributed by atoms with van der Waals surface area (Å²) in [6.07, 6.45) is 4.64. The molecular weight excluding hydrogens is 382 g/mol. The molecule has 0 atom stereocenters. The molecule has 2 heterocycles. The van der Waals surface area contributed by atoms with Crippen molar-refractivity contribution in [3.05, 3.63) is 45.4 Å². The highest BCUT2D eigenvalue weighted by Crippen LogP contribution is 2.44. The summed E-state index contributed by atoms with van der Waals surface area (Å²) in [4.78, 5) is 32.4. The van der Waals surface area contributed by atoms with E-state index in [9.17, 15) is 9.59 Å². The lowest BCUT2D eigenvalue weighted by atomic mass is 9.77. The van der Waals surface area contributed by atoms with E-state index in [1.807, 2.05) is 29.2 Å². The van der Waals surface area contributed by atoms with Gasteiger partial charge in [-0.25, -0.2) is 4.98 Å². The van der Waals surface area contributed by atoms with Gasteiger partial charge in [0.2, 0.25) is 11.8 Å². The number of halogens is 1. The van der Waals surface area contributed by atoms with Crippen molar-refractivity contribution in [2.75, 3.05) is 11.9 Å². The van der Waals surface area contributed by atoms with Crippen molar-refractivity contribution in [1.82, 2.24) is 9.88 Å². The molecule has 7 heteroatoms. The van der Waals surface area contributed by atoms with Gasteiger partial charge in [-0.3, -0.25) is 9.59 Å². The van der Waals surface area contributed by atoms with Gasteiger partial charge in [0.15, 0.2) is 5.13 Å². The van der Waals surface area contributed by atoms with E-state index in [0.29, 0.717) is 23.2 Å². The minimum absolute atomic E-state index is 0.123. The molecule has 1 N–H and O–H groups in total. The molecule has 0 saturated heterocycles. The van der Waals surface area contributed by atoms with Gasteiger partial charge in [0.05, 0.1) is 17.7 Å². The number of carbonyl (C=O) groups is 2. The van der Waals surface area contributed by atoms with E-state index in [4.69, 9.17) is 11.6 Å². The number of thiazole rings is 1. The highest BCUT2D eigenvalue weighted by Gasteiger charge is 2.45. The number of rotatable bonds is 3. The van der Waals surface area contributed by atoms with E-state index >= 15 is 0 Å². The number of anilines is 1. The number of fused-ring (bicyclic) bond motifs is 1. The number of hydrogen-bond acceptors (Lipinski definition) is 4. The number of amides is 2. The molecule has 4 rings (SSSR count). The molecule has 1 aromatic carbocycles. The third kappa shape index (κ3) is 3.48. The van der Waals surface area contributed by atoms with Crippen LogP contribution in [0, 0.1) is 0 Å². The lowest BCUT2D eigenvalue weighted by Gasteiger charge is -2.36. The highest BCUT2D eigenvalue weighted by molar-refractivity contribution is 7.15. The van der Waals surface area contributed by atoms with Crippen molar-refractivity contribution in [3.8, 4) is 0 Å². The predicted molar refractivity (Wildman–Crippen MR) is 107 cm³/mol. The van der Waals surface area contributed by atoms with Crippen LogP contribution in [0.2, 0.25) is 5.02 Å². The average molecular weight is 404 g/mol. The second-order valence-corrected chi connectivity index (χ2v) is 8.86. The smallest absolute Gasteiger partial charge is 0.233 e. The third-order valence-corrected chi connectivity index (χ3v) is 6.81. The van der Waals surface area contributed by atoms with E-state index in [1.54, 1.807) is 0 Å². The molecule has 5 nitrogen and oxygen atoms in total. The summed E-state index contributed by atoms with van der Waals surface area (Å²) in [5.41, 5.74) is 1.64. The van der Waals surface area contributed by atoms with Crippen molar-refractivity contribution in [3.63, 3.8) is 0 Å². The standard InChI is InChI=1S/C20H22ClN3O2S/c1-13(25)22-19-23-16-8-11-24(12-17(16)27-19)18(26)20(9-2-3-10-20)14-4-6-15(21)7-5-14/h4-7H,2-3,8-12H2,1H3,(H,22,23,25). The molecule has 2 aliphatic rings. The van der Waals surface area contributed by atoms with Crippen LogP contribution in [-0.2, 0) is 28.0 Å².